The highest BCUT2D eigenvalue weighted by atomic mass is 79.9. The largest absolute Gasteiger partial charge is 0.493 e. The van der Waals surface area contributed by atoms with Crippen LogP contribution in [0.4, 0.5) is 11.4 Å². The molecule has 2 N–H and O–H groups in total. The lowest BCUT2D eigenvalue weighted by molar-refractivity contribution is 0.101. The molecular weight excluding hydrogens is 780 g/mol. The van der Waals surface area contributed by atoms with E-state index in [0.29, 0.717) is 47.2 Å². The predicted molar refractivity (Wildman–Crippen MR) is 225 cm³/mol. The van der Waals surface area contributed by atoms with Gasteiger partial charge in [0.15, 0.2) is 0 Å². The molecule has 0 aliphatic rings. The number of hydrogen-bond acceptors (Lipinski definition) is 4. The summed E-state index contributed by atoms with van der Waals surface area (Å²) in [5.74, 6) is 0.630. The molecule has 0 saturated heterocycles. The van der Waals surface area contributed by atoms with Gasteiger partial charge in [-0.1, -0.05) is 161 Å². The smallest absolute Gasteiger partial charge is 0.259 e. The second-order valence-corrected chi connectivity index (χ2v) is 15.7. The third kappa shape index (κ3) is 17.8. The Morgan fingerprint density at radius 3 is 1.10 bits per heavy atom. The molecule has 3 aromatic carbocycles. The zero-order valence-electron chi connectivity index (χ0n) is 31.7. The van der Waals surface area contributed by atoms with Crippen LogP contribution in [-0.2, 0) is 0 Å². The van der Waals surface area contributed by atoms with Gasteiger partial charge in [0.1, 0.15) is 11.5 Å². The number of nitrogens with one attached hydrogen (secondary N) is 2. The number of anilines is 2. The van der Waals surface area contributed by atoms with Gasteiger partial charge in [-0.05, 0) is 73.5 Å². The number of carbonyl (C=O) groups is 2. The molecule has 2 amide bonds. The van der Waals surface area contributed by atoms with Crippen molar-refractivity contribution in [3.63, 3.8) is 0 Å². The summed E-state index contributed by atoms with van der Waals surface area (Å²) in [6.07, 6.45) is 25.2. The summed E-state index contributed by atoms with van der Waals surface area (Å²) in [6, 6.07) is 18.1. The van der Waals surface area contributed by atoms with Crippen LogP contribution in [-0.4, -0.2) is 25.0 Å². The molecule has 0 atom stereocenters. The third-order valence-corrected chi connectivity index (χ3v) is 10.3. The molecular formula is C44H62Br2N2O4. The number of ether oxygens (including phenoxy) is 2. The molecule has 0 heterocycles. The van der Waals surface area contributed by atoms with E-state index in [1.165, 1.54) is 103 Å². The molecule has 8 heteroatoms. The Kier molecular flexibility index (Phi) is 22.5. The van der Waals surface area contributed by atoms with Gasteiger partial charge in [0.05, 0.1) is 24.3 Å². The van der Waals surface area contributed by atoms with Gasteiger partial charge in [-0.25, -0.2) is 0 Å². The minimum atomic E-state index is -0.255. The molecule has 0 aromatic heterocycles. The highest BCUT2D eigenvalue weighted by molar-refractivity contribution is 9.10. The Bertz CT molecular complexity index is 1340. The Morgan fingerprint density at radius 1 is 0.462 bits per heavy atom. The summed E-state index contributed by atoms with van der Waals surface area (Å²) in [5.41, 5.74) is 2.18. The summed E-state index contributed by atoms with van der Waals surface area (Å²) in [5, 5.41) is 5.95. The fourth-order valence-corrected chi connectivity index (χ4v) is 6.91. The Hall–Kier alpha value is -2.84. The van der Waals surface area contributed by atoms with Crippen molar-refractivity contribution < 1.29 is 19.1 Å². The highest BCUT2D eigenvalue weighted by Crippen LogP contribution is 2.27. The van der Waals surface area contributed by atoms with E-state index < -0.39 is 0 Å². The lowest BCUT2D eigenvalue weighted by Gasteiger charge is -2.14. The van der Waals surface area contributed by atoms with E-state index in [-0.39, 0.29) is 11.8 Å². The average molecular weight is 843 g/mol. The summed E-state index contributed by atoms with van der Waals surface area (Å²) < 4.78 is 13.7. The van der Waals surface area contributed by atoms with Gasteiger partial charge >= 0.3 is 0 Å². The second kappa shape index (κ2) is 26.9. The van der Waals surface area contributed by atoms with Gasteiger partial charge in [0.2, 0.25) is 0 Å². The van der Waals surface area contributed by atoms with E-state index in [1.807, 2.05) is 24.3 Å². The van der Waals surface area contributed by atoms with Crippen LogP contribution >= 0.6 is 31.9 Å². The number of rotatable bonds is 28. The molecule has 0 unspecified atom stereocenters. The lowest BCUT2D eigenvalue weighted by atomic mass is 10.1. The van der Waals surface area contributed by atoms with Crippen molar-refractivity contribution >= 4 is 55.0 Å². The molecule has 0 fully saturated rings. The topological polar surface area (TPSA) is 76.7 Å². The van der Waals surface area contributed by atoms with Crippen LogP contribution in [0, 0.1) is 0 Å². The first-order chi connectivity index (χ1) is 25.4. The summed E-state index contributed by atoms with van der Waals surface area (Å²) in [6.45, 7) is 5.67. The average Bonchev–Trinajstić information content (AvgIpc) is 3.14. The molecule has 0 radical (unpaired) electrons. The van der Waals surface area contributed by atoms with Crippen LogP contribution in [0.25, 0.3) is 0 Å². The molecule has 3 aromatic rings. The Balaban J connectivity index is 1.43. The third-order valence-electron chi connectivity index (χ3n) is 9.28. The maximum absolute atomic E-state index is 13.3. The van der Waals surface area contributed by atoms with E-state index in [9.17, 15) is 9.59 Å². The fraction of sp³-hybridized carbons (Fsp3) is 0.545. The molecule has 3 rings (SSSR count). The molecule has 0 spiro atoms. The van der Waals surface area contributed by atoms with E-state index in [2.05, 4.69) is 56.3 Å². The number of unbranched alkanes of at least 4 members (excludes halogenated alkanes) is 18. The zero-order chi connectivity index (χ0) is 37.2. The Labute approximate surface area is 330 Å². The van der Waals surface area contributed by atoms with Crippen molar-refractivity contribution in [3.05, 3.63) is 80.7 Å². The Morgan fingerprint density at radius 2 is 0.769 bits per heavy atom. The van der Waals surface area contributed by atoms with Crippen molar-refractivity contribution in [2.24, 2.45) is 0 Å². The zero-order valence-corrected chi connectivity index (χ0v) is 34.9. The van der Waals surface area contributed by atoms with Crippen molar-refractivity contribution in [1.82, 2.24) is 0 Å². The molecule has 0 bridgehead atoms. The minimum Gasteiger partial charge on any atom is -0.493 e. The number of benzene rings is 3. The van der Waals surface area contributed by atoms with Gasteiger partial charge in [-0.3, -0.25) is 9.59 Å². The van der Waals surface area contributed by atoms with E-state index in [0.717, 1.165) is 34.6 Å². The van der Waals surface area contributed by atoms with E-state index >= 15 is 0 Å². The summed E-state index contributed by atoms with van der Waals surface area (Å²) in [7, 11) is 0. The highest BCUT2D eigenvalue weighted by Gasteiger charge is 2.16. The van der Waals surface area contributed by atoms with Crippen LogP contribution in [0.15, 0.2) is 69.6 Å². The quantitative estimate of drug-likeness (QED) is 0.0714. The number of carbonyl (C=O) groups excluding carboxylic acids is 2. The second-order valence-electron chi connectivity index (χ2n) is 13.8. The molecule has 52 heavy (non-hydrogen) atoms. The first kappa shape index (κ1) is 43.6. The number of halogens is 2. The van der Waals surface area contributed by atoms with Crippen LogP contribution in [0.5, 0.6) is 11.5 Å². The van der Waals surface area contributed by atoms with Gasteiger partial charge in [0, 0.05) is 20.3 Å². The summed E-state index contributed by atoms with van der Waals surface area (Å²) >= 11 is 6.99. The van der Waals surface area contributed by atoms with Gasteiger partial charge in [-0.2, -0.15) is 0 Å². The number of amides is 2. The van der Waals surface area contributed by atoms with Crippen LogP contribution in [0.2, 0.25) is 0 Å². The van der Waals surface area contributed by atoms with Gasteiger partial charge < -0.3 is 20.1 Å². The summed E-state index contributed by atoms with van der Waals surface area (Å²) in [4.78, 5) is 26.6. The molecule has 0 saturated carbocycles. The van der Waals surface area contributed by atoms with E-state index in [1.54, 1.807) is 36.4 Å². The van der Waals surface area contributed by atoms with Gasteiger partial charge in [0.25, 0.3) is 11.8 Å². The molecule has 0 aliphatic carbocycles. The SMILES string of the molecule is CCCCCCCCCCCCOc1ccc(Br)cc1C(=O)Nc1ccc(NC(=O)c2cc(Br)ccc2OCCCCCCCCCCCC)cc1. The fourth-order valence-electron chi connectivity index (χ4n) is 6.19. The normalized spacial score (nSPS) is 11.0. The molecule has 286 valence electrons. The number of hydrogen-bond donors (Lipinski definition) is 2. The lowest BCUT2D eigenvalue weighted by Crippen LogP contribution is -2.15. The van der Waals surface area contributed by atoms with Crippen LogP contribution in [0.3, 0.4) is 0 Å². The van der Waals surface area contributed by atoms with Crippen molar-refractivity contribution in [1.29, 1.82) is 0 Å². The van der Waals surface area contributed by atoms with E-state index in [4.69, 9.17) is 9.47 Å². The first-order valence-electron chi connectivity index (χ1n) is 20.0. The van der Waals surface area contributed by atoms with Gasteiger partial charge in [-0.15, -0.1) is 0 Å². The molecule has 6 nitrogen and oxygen atoms in total. The first-order valence-corrected chi connectivity index (χ1v) is 21.6. The standard InChI is InChI=1S/C44H62Br2N2O4/c1-3-5-7-9-11-13-15-17-19-21-31-51-41-29-23-35(45)33-39(41)43(49)47-37-25-27-38(28-26-37)48-44(50)40-34-36(46)24-30-42(40)52-32-22-20-18-16-14-12-10-8-6-4-2/h23-30,33-34H,3-22,31-32H2,1-2H3,(H,47,49)(H,48,50). The molecule has 0 aliphatic heterocycles. The maximum Gasteiger partial charge on any atom is 0.259 e. The van der Waals surface area contributed by atoms with Crippen LogP contribution < -0.4 is 20.1 Å². The van der Waals surface area contributed by atoms with Crippen LogP contribution in [0.1, 0.15) is 163 Å². The monoisotopic (exact) mass is 840 g/mol. The van der Waals surface area contributed by atoms with Crippen molar-refractivity contribution in [2.75, 3.05) is 23.8 Å². The van der Waals surface area contributed by atoms with Crippen molar-refractivity contribution in [2.45, 2.75) is 142 Å². The minimum absolute atomic E-state index is 0.255. The van der Waals surface area contributed by atoms with Crippen molar-refractivity contribution in [3.8, 4) is 11.5 Å². The maximum atomic E-state index is 13.3. The predicted octanol–water partition coefficient (Wildman–Crippen LogP) is 14.3.